The quantitative estimate of drug-likeness (QED) is 0.252. The Balaban J connectivity index is 1.44. The van der Waals surface area contributed by atoms with Crippen LogP contribution in [0.5, 0.6) is 0 Å². The Morgan fingerprint density at radius 2 is 1.78 bits per heavy atom. The minimum atomic E-state index is -1.11. The van der Waals surface area contributed by atoms with Crippen LogP contribution in [0.4, 0.5) is 0 Å². The molecule has 1 saturated heterocycles. The van der Waals surface area contributed by atoms with Gasteiger partial charge in [-0.2, -0.15) is 0 Å². The van der Waals surface area contributed by atoms with Gasteiger partial charge in [0, 0.05) is 19.5 Å². The van der Waals surface area contributed by atoms with Gasteiger partial charge in [0.05, 0.1) is 17.2 Å². The third kappa shape index (κ3) is 7.17. The van der Waals surface area contributed by atoms with Gasteiger partial charge in [-0.25, -0.2) is 9.68 Å². The first-order chi connectivity index (χ1) is 17.9. The smallest absolute Gasteiger partial charge is 0.326 e. The molecule has 7 nitrogen and oxygen atoms in total. The molecule has 3 N–H and O–H groups in total. The second-order valence-electron chi connectivity index (χ2n) is 9.44. The van der Waals surface area contributed by atoms with E-state index in [-0.39, 0.29) is 17.0 Å². The van der Waals surface area contributed by atoms with Crippen LogP contribution in [-0.4, -0.2) is 52.9 Å². The lowest BCUT2D eigenvalue weighted by Gasteiger charge is -2.32. The number of likely N-dealkylation sites (tertiary alicyclic amines) is 1. The number of amides is 1. The molecule has 0 radical (unpaired) electrons. The summed E-state index contributed by atoms with van der Waals surface area (Å²) in [7, 11) is 0. The minimum Gasteiger partial charge on any atom is -0.480 e. The van der Waals surface area contributed by atoms with Crippen LogP contribution in [0, 0.1) is 5.92 Å². The number of halogens is 1. The summed E-state index contributed by atoms with van der Waals surface area (Å²) in [5, 5.41) is 21.4. The first-order valence-corrected chi connectivity index (χ1v) is 12.8. The van der Waals surface area contributed by atoms with E-state index >= 15 is 0 Å². The molecule has 1 amide bonds. The maximum absolute atomic E-state index is 12.6. The molecule has 3 aromatic carbocycles. The van der Waals surface area contributed by atoms with E-state index in [4.69, 9.17) is 16.9 Å². The Hall–Kier alpha value is -3.23. The standard InChI is InChI=1S/C29H31ClN2O5/c30-26-10-4-3-9-25(26)28(33)31-27(29(34)35)16-20-11-13-22(14-12-20)24-8-2-1-7-23(24)18-32-15-5-6-21(17-32)19-37-36/h1-4,7-14,21,27,36H,5-6,15-19H2,(H,31,33)(H,34,35). The van der Waals surface area contributed by atoms with Gasteiger partial charge in [0.2, 0.25) is 0 Å². The number of carbonyl (C=O) groups excluding carboxylic acids is 1. The van der Waals surface area contributed by atoms with Crippen molar-refractivity contribution in [3.63, 3.8) is 0 Å². The highest BCUT2D eigenvalue weighted by molar-refractivity contribution is 6.33. The third-order valence-corrected chi connectivity index (χ3v) is 7.08. The molecular formula is C29H31ClN2O5. The van der Waals surface area contributed by atoms with Crippen LogP contribution >= 0.6 is 11.6 Å². The molecule has 0 bridgehead atoms. The van der Waals surface area contributed by atoms with Crippen molar-refractivity contribution in [1.82, 2.24) is 10.2 Å². The van der Waals surface area contributed by atoms with E-state index in [1.165, 1.54) is 5.56 Å². The topological polar surface area (TPSA) is 99.1 Å². The third-order valence-electron chi connectivity index (χ3n) is 6.75. The molecule has 37 heavy (non-hydrogen) atoms. The van der Waals surface area contributed by atoms with Crippen molar-refractivity contribution < 1.29 is 24.8 Å². The second-order valence-corrected chi connectivity index (χ2v) is 9.85. The SMILES string of the molecule is O=C(NC(Cc1ccc(-c2ccccc2CN2CCCC(COO)C2)cc1)C(=O)O)c1ccccc1Cl. The Kier molecular flexibility index (Phi) is 9.30. The largest absolute Gasteiger partial charge is 0.480 e. The number of carbonyl (C=O) groups is 2. The van der Waals surface area contributed by atoms with Crippen molar-refractivity contribution in [3.05, 3.63) is 94.5 Å². The molecule has 1 fully saturated rings. The van der Waals surface area contributed by atoms with E-state index < -0.39 is 17.9 Å². The van der Waals surface area contributed by atoms with E-state index in [0.29, 0.717) is 12.5 Å². The molecule has 3 aromatic rings. The van der Waals surface area contributed by atoms with Crippen LogP contribution in [-0.2, 0) is 22.6 Å². The molecule has 0 saturated carbocycles. The number of carboxylic acid groups (broad SMARTS) is 1. The average Bonchev–Trinajstić information content (AvgIpc) is 2.90. The van der Waals surface area contributed by atoms with Crippen LogP contribution in [0.15, 0.2) is 72.8 Å². The fraction of sp³-hybridized carbons (Fsp3) is 0.310. The number of rotatable bonds is 10. The zero-order valence-electron chi connectivity index (χ0n) is 20.5. The van der Waals surface area contributed by atoms with Crippen LogP contribution in [0.3, 0.4) is 0 Å². The molecule has 2 atom stereocenters. The van der Waals surface area contributed by atoms with Gasteiger partial charge in [0.1, 0.15) is 6.04 Å². The maximum Gasteiger partial charge on any atom is 0.326 e. The van der Waals surface area contributed by atoms with Crippen LogP contribution in [0.25, 0.3) is 11.1 Å². The van der Waals surface area contributed by atoms with Crippen molar-refractivity contribution in [2.75, 3.05) is 19.7 Å². The molecule has 0 spiro atoms. The highest BCUT2D eigenvalue weighted by Crippen LogP contribution is 2.27. The molecule has 8 heteroatoms. The number of carboxylic acids is 1. The second kappa shape index (κ2) is 12.8. The Morgan fingerprint density at radius 3 is 2.51 bits per heavy atom. The van der Waals surface area contributed by atoms with E-state index in [1.807, 2.05) is 36.4 Å². The molecule has 194 valence electrons. The summed E-state index contributed by atoms with van der Waals surface area (Å²) in [6.45, 7) is 3.04. The highest BCUT2D eigenvalue weighted by atomic mass is 35.5. The average molecular weight is 523 g/mol. The predicted octanol–water partition coefficient (Wildman–Crippen LogP) is 5.13. The van der Waals surface area contributed by atoms with Crippen molar-refractivity contribution in [3.8, 4) is 11.1 Å². The number of hydrogen-bond donors (Lipinski definition) is 3. The van der Waals surface area contributed by atoms with Crippen molar-refractivity contribution in [2.45, 2.75) is 31.8 Å². The molecule has 0 aliphatic carbocycles. The number of nitrogens with one attached hydrogen (secondary N) is 1. The number of benzene rings is 3. The molecule has 1 aliphatic heterocycles. The maximum atomic E-state index is 12.6. The van der Waals surface area contributed by atoms with Gasteiger partial charge in [0.25, 0.3) is 5.91 Å². The lowest BCUT2D eigenvalue weighted by atomic mass is 9.95. The van der Waals surface area contributed by atoms with Crippen molar-refractivity contribution in [2.24, 2.45) is 5.92 Å². The summed E-state index contributed by atoms with van der Waals surface area (Å²) in [4.78, 5) is 31.2. The lowest BCUT2D eigenvalue weighted by Crippen LogP contribution is -2.42. The minimum absolute atomic E-state index is 0.148. The summed E-state index contributed by atoms with van der Waals surface area (Å²) in [5.74, 6) is -1.30. The number of hydrogen-bond acceptors (Lipinski definition) is 5. The molecule has 2 unspecified atom stereocenters. The van der Waals surface area contributed by atoms with Gasteiger partial charge >= 0.3 is 5.97 Å². The van der Waals surface area contributed by atoms with Gasteiger partial charge in [-0.05, 0) is 59.7 Å². The summed E-state index contributed by atoms with van der Waals surface area (Å²) in [5.41, 5.74) is 4.41. The van der Waals surface area contributed by atoms with Crippen molar-refractivity contribution >= 4 is 23.5 Å². The van der Waals surface area contributed by atoms with Crippen LogP contribution in [0.2, 0.25) is 5.02 Å². The van der Waals surface area contributed by atoms with Crippen LogP contribution in [0.1, 0.15) is 34.3 Å². The number of aliphatic carboxylic acids is 1. The fourth-order valence-corrected chi connectivity index (χ4v) is 5.08. The van der Waals surface area contributed by atoms with Crippen LogP contribution < -0.4 is 5.32 Å². The summed E-state index contributed by atoms with van der Waals surface area (Å²) in [6, 6.07) is 21.5. The molecule has 4 rings (SSSR count). The molecule has 1 aliphatic rings. The normalized spacial score (nSPS) is 16.8. The summed E-state index contributed by atoms with van der Waals surface area (Å²) < 4.78 is 0. The Labute approximate surface area is 221 Å². The number of nitrogens with zero attached hydrogens (tertiary/aromatic N) is 1. The molecular weight excluding hydrogens is 492 g/mol. The number of piperidine rings is 1. The fourth-order valence-electron chi connectivity index (χ4n) is 4.85. The Bertz CT molecular complexity index is 1210. The summed E-state index contributed by atoms with van der Waals surface area (Å²) in [6.07, 6.45) is 2.27. The van der Waals surface area contributed by atoms with E-state index in [0.717, 1.165) is 49.2 Å². The summed E-state index contributed by atoms with van der Waals surface area (Å²) >= 11 is 6.09. The molecule has 0 aromatic heterocycles. The van der Waals surface area contributed by atoms with E-state index in [9.17, 15) is 14.7 Å². The van der Waals surface area contributed by atoms with E-state index in [2.05, 4.69) is 27.2 Å². The van der Waals surface area contributed by atoms with E-state index in [1.54, 1.807) is 24.3 Å². The van der Waals surface area contributed by atoms with Crippen molar-refractivity contribution in [1.29, 1.82) is 0 Å². The monoisotopic (exact) mass is 522 g/mol. The zero-order valence-corrected chi connectivity index (χ0v) is 21.2. The van der Waals surface area contributed by atoms with Gasteiger partial charge < -0.3 is 10.4 Å². The molecule has 1 heterocycles. The van der Waals surface area contributed by atoms with Gasteiger partial charge in [0.15, 0.2) is 0 Å². The lowest BCUT2D eigenvalue weighted by molar-refractivity contribution is -0.253. The van der Waals surface area contributed by atoms with Gasteiger partial charge in [-0.3, -0.25) is 15.0 Å². The predicted molar refractivity (Wildman–Crippen MR) is 143 cm³/mol. The Morgan fingerprint density at radius 1 is 1.05 bits per heavy atom. The first-order valence-electron chi connectivity index (χ1n) is 12.4. The van der Waals surface area contributed by atoms with Gasteiger partial charge in [-0.1, -0.05) is 72.3 Å². The first kappa shape index (κ1) is 26.8. The highest BCUT2D eigenvalue weighted by Gasteiger charge is 2.23. The van der Waals surface area contributed by atoms with Gasteiger partial charge in [-0.15, -0.1) is 0 Å². The zero-order chi connectivity index (χ0) is 26.2.